The van der Waals surface area contributed by atoms with E-state index in [1.807, 2.05) is 18.2 Å². The second-order valence-electron chi connectivity index (χ2n) is 9.05. The van der Waals surface area contributed by atoms with E-state index < -0.39 is 0 Å². The van der Waals surface area contributed by atoms with Crippen molar-refractivity contribution >= 4 is 13.1 Å². The third kappa shape index (κ3) is 2.25. The van der Waals surface area contributed by atoms with E-state index in [0.29, 0.717) is 16.9 Å². The van der Waals surface area contributed by atoms with E-state index in [4.69, 9.17) is 14.0 Å². The summed E-state index contributed by atoms with van der Waals surface area (Å²) < 4.78 is 18.4. The Bertz CT molecular complexity index is 705. The first-order valence-corrected chi connectivity index (χ1v) is 9.49. The average Bonchev–Trinajstić information content (AvgIpc) is 3.25. The summed E-state index contributed by atoms with van der Waals surface area (Å²) in [6, 6.07) is 9.17. The van der Waals surface area contributed by atoms with Crippen molar-refractivity contribution in [3.63, 3.8) is 0 Å². The number of hydrogen-bond acceptors (Lipinski definition) is 4. The van der Waals surface area contributed by atoms with Crippen LogP contribution in [0, 0.1) is 17.3 Å². The highest BCUT2D eigenvalue weighted by Crippen LogP contribution is 2.66. The monoisotopic (exact) mass is 340 g/mol. The highest BCUT2D eigenvalue weighted by Gasteiger charge is 2.70. The Labute approximate surface area is 149 Å². The van der Waals surface area contributed by atoms with E-state index in [2.05, 4.69) is 20.8 Å². The molecular weight excluding hydrogens is 315 g/mol. The van der Waals surface area contributed by atoms with Crippen molar-refractivity contribution in [2.75, 3.05) is 0 Å². The van der Waals surface area contributed by atoms with Gasteiger partial charge < -0.3 is 14.0 Å². The summed E-state index contributed by atoms with van der Waals surface area (Å²) in [7, 11) is -0.223. The van der Waals surface area contributed by atoms with Gasteiger partial charge in [-0.15, -0.1) is 0 Å². The second kappa shape index (κ2) is 5.11. The number of esters is 1. The van der Waals surface area contributed by atoms with Gasteiger partial charge in [0.15, 0.2) is 0 Å². The molecule has 2 bridgehead atoms. The smallest absolute Gasteiger partial charge is 0.459 e. The SMILES string of the molecule is CC1(C)[C@@H]2C[C@H]3OB(C4CC4OC(=O)c4ccccc4)O[C@@]3(C)[C@H]1C2. The van der Waals surface area contributed by atoms with Crippen molar-refractivity contribution in [1.29, 1.82) is 0 Å². The normalized spacial score (nSPS) is 43.2. The maximum atomic E-state index is 12.2. The molecule has 0 amide bonds. The van der Waals surface area contributed by atoms with Gasteiger partial charge in [0.1, 0.15) is 6.10 Å². The molecule has 1 aromatic rings. The Kier molecular flexibility index (Phi) is 3.25. The van der Waals surface area contributed by atoms with Crippen LogP contribution in [0.4, 0.5) is 0 Å². The first-order chi connectivity index (χ1) is 11.9. The highest BCUT2D eigenvalue weighted by atomic mass is 16.7. The topological polar surface area (TPSA) is 44.8 Å². The number of benzene rings is 1. The van der Waals surface area contributed by atoms with E-state index in [-0.39, 0.29) is 36.7 Å². The zero-order valence-electron chi connectivity index (χ0n) is 15.1. The molecule has 5 heteroatoms. The van der Waals surface area contributed by atoms with Gasteiger partial charge in [0.25, 0.3) is 0 Å². The molecule has 6 atom stereocenters. The second-order valence-corrected chi connectivity index (χ2v) is 9.05. The van der Waals surface area contributed by atoms with Crippen LogP contribution in [0.1, 0.15) is 50.4 Å². The molecule has 4 saturated carbocycles. The van der Waals surface area contributed by atoms with Crippen LogP contribution >= 0.6 is 0 Å². The minimum Gasteiger partial charge on any atom is -0.459 e. The number of rotatable bonds is 3. The Morgan fingerprint density at radius 3 is 2.64 bits per heavy atom. The Morgan fingerprint density at radius 1 is 1.16 bits per heavy atom. The maximum Gasteiger partial charge on any atom is 0.464 e. The molecule has 5 fully saturated rings. The predicted octanol–water partition coefficient (Wildman–Crippen LogP) is 3.71. The van der Waals surface area contributed by atoms with Gasteiger partial charge >= 0.3 is 13.1 Å². The number of ether oxygens (including phenoxy) is 1. The standard InChI is InChI=1S/C20H25BO4/c1-19(2)13-9-16(19)20(3)17(10-13)24-21(25-20)14-11-15(14)23-18(22)12-7-5-4-6-8-12/h4-8,13-17H,9-11H2,1-3H3/t13-,14?,15?,16-,17+,20-/m0/s1. The molecule has 5 aliphatic rings. The number of carbonyl (C=O) groups excluding carboxylic acids is 1. The molecule has 4 aliphatic carbocycles. The van der Waals surface area contributed by atoms with Crippen molar-refractivity contribution in [2.45, 2.75) is 63.7 Å². The molecule has 0 aromatic heterocycles. The van der Waals surface area contributed by atoms with E-state index in [1.54, 1.807) is 12.1 Å². The van der Waals surface area contributed by atoms with E-state index in [9.17, 15) is 4.79 Å². The lowest BCUT2D eigenvalue weighted by molar-refractivity contribution is -0.199. The highest BCUT2D eigenvalue weighted by molar-refractivity contribution is 6.49. The van der Waals surface area contributed by atoms with Gasteiger partial charge in [-0.05, 0) is 55.6 Å². The molecule has 1 heterocycles. The summed E-state index contributed by atoms with van der Waals surface area (Å²) >= 11 is 0. The molecule has 25 heavy (non-hydrogen) atoms. The van der Waals surface area contributed by atoms with Gasteiger partial charge in [0.05, 0.1) is 17.3 Å². The molecular formula is C20H25BO4. The first-order valence-electron chi connectivity index (χ1n) is 9.49. The molecule has 0 radical (unpaired) electrons. The molecule has 4 nitrogen and oxygen atoms in total. The minimum absolute atomic E-state index is 0.0792. The summed E-state index contributed by atoms with van der Waals surface area (Å²) in [4.78, 5) is 12.2. The zero-order valence-corrected chi connectivity index (χ0v) is 15.1. The van der Waals surface area contributed by atoms with Crippen molar-refractivity contribution in [1.82, 2.24) is 0 Å². The van der Waals surface area contributed by atoms with Crippen LogP contribution in [0.15, 0.2) is 30.3 Å². The van der Waals surface area contributed by atoms with Gasteiger partial charge in [-0.1, -0.05) is 32.0 Å². The molecule has 1 aromatic carbocycles. The summed E-state index contributed by atoms with van der Waals surface area (Å²) in [6.07, 6.45) is 3.30. The Balaban J connectivity index is 1.23. The van der Waals surface area contributed by atoms with Crippen LogP contribution in [-0.2, 0) is 14.0 Å². The van der Waals surface area contributed by atoms with Gasteiger partial charge in [-0.2, -0.15) is 0 Å². The van der Waals surface area contributed by atoms with Crippen LogP contribution in [0.2, 0.25) is 5.82 Å². The zero-order chi connectivity index (χ0) is 17.4. The van der Waals surface area contributed by atoms with Crippen LogP contribution < -0.4 is 0 Å². The summed E-state index contributed by atoms with van der Waals surface area (Å²) in [5, 5.41) is 0. The molecule has 1 saturated heterocycles. The van der Waals surface area contributed by atoms with Gasteiger partial charge in [-0.25, -0.2) is 4.79 Å². The van der Waals surface area contributed by atoms with Gasteiger partial charge in [0, 0.05) is 5.82 Å². The third-order valence-electron chi connectivity index (χ3n) is 7.37. The first kappa shape index (κ1) is 15.9. The van der Waals surface area contributed by atoms with Crippen LogP contribution in [0.25, 0.3) is 0 Å². The minimum atomic E-state index is -0.252. The molecule has 6 rings (SSSR count). The van der Waals surface area contributed by atoms with Crippen LogP contribution in [-0.4, -0.2) is 30.9 Å². The van der Waals surface area contributed by atoms with Crippen LogP contribution in [0.5, 0.6) is 0 Å². The Morgan fingerprint density at radius 2 is 1.92 bits per heavy atom. The fraction of sp³-hybridized carbons (Fsp3) is 0.650. The lowest BCUT2D eigenvalue weighted by atomic mass is 9.43. The van der Waals surface area contributed by atoms with E-state index in [1.165, 1.54) is 6.42 Å². The van der Waals surface area contributed by atoms with Crippen molar-refractivity contribution in [2.24, 2.45) is 17.3 Å². The predicted molar refractivity (Wildman–Crippen MR) is 94.1 cm³/mol. The fourth-order valence-electron chi connectivity index (χ4n) is 5.47. The van der Waals surface area contributed by atoms with Crippen molar-refractivity contribution < 1.29 is 18.8 Å². The lowest BCUT2D eigenvalue weighted by Gasteiger charge is -2.64. The largest absolute Gasteiger partial charge is 0.464 e. The molecule has 1 aliphatic heterocycles. The summed E-state index contributed by atoms with van der Waals surface area (Å²) in [5.74, 6) is 1.25. The van der Waals surface area contributed by atoms with E-state index in [0.717, 1.165) is 18.8 Å². The van der Waals surface area contributed by atoms with Crippen molar-refractivity contribution in [3.8, 4) is 0 Å². The van der Waals surface area contributed by atoms with E-state index >= 15 is 0 Å². The molecule has 0 N–H and O–H groups in total. The number of hydrogen-bond donors (Lipinski definition) is 0. The summed E-state index contributed by atoms with van der Waals surface area (Å²) in [5.41, 5.74) is 0.774. The molecule has 132 valence electrons. The van der Waals surface area contributed by atoms with Gasteiger partial charge in [-0.3, -0.25) is 0 Å². The maximum absolute atomic E-state index is 12.2. The van der Waals surface area contributed by atoms with Crippen LogP contribution in [0.3, 0.4) is 0 Å². The third-order valence-corrected chi connectivity index (χ3v) is 7.37. The van der Waals surface area contributed by atoms with Crippen molar-refractivity contribution in [3.05, 3.63) is 35.9 Å². The number of carbonyl (C=O) groups is 1. The van der Waals surface area contributed by atoms with Gasteiger partial charge in [0.2, 0.25) is 0 Å². The molecule has 2 unspecified atom stereocenters. The summed E-state index contributed by atoms with van der Waals surface area (Å²) in [6.45, 7) is 6.96. The quantitative estimate of drug-likeness (QED) is 0.622. The molecule has 0 spiro atoms. The Hall–Kier alpha value is -1.33. The average molecular weight is 340 g/mol. The lowest BCUT2D eigenvalue weighted by Crippen LogP contribution is -2.65. The fourth-order valence-corrected chi connectivity index (χ4v) is 5.47.